The maximum absolute atomic E-state index is 10.4. The van der Waals surface area contributed by atoms with Crippen LogP contribution in [0.15, 0.2) is 0 Å². The summed E-state index contributed by atoms with van der Waals surface area (Å²) in [5.74, 6) is 3.96. The van der Waals surface area contributed by atoms with Gasteiger partial charge >= 0.3 is 5.97 Å². The minimum Gasteiger partial charge on any atom is -0.760 e. The highest BCUT2D eigenvalue weighted by Crippen LogP contribution is 1.74. The number of carbonyl (C=O) groups is 1. The second kappa shape index (κ2) is 6.79. The van der Waals surface area contributed by atoms with Crippen molar-refractivity contribution in [2.75, 3.05) is 13.7 Å². The quantitative estimate of drug-likeness (QED) is 0.202. The molecule has 1 N–H and O–H groups in total. The first kappa shape index (κ1) is 11.1. The topological polar surface area (TPSA) is 78.5 Å². The molecule has 0 saturated heterocycles. The fourth-order valence-electron chi connectivity index (χ4n) is 0.383. The third-order valence-electron chi connectivity index (χ3n) is 0.846. The number of carbonyl (C=O) groups excluding carboxylic acids is 1. The average Bonchev–Trinajstić information content (AvgIpc) is 2.03. The Labute approximate surface area is 72.9 Å². The summed E-state index contributed by atoms with van der Waals surface area (Å²) in [5.41, 5.74) is 0. The number of esters is 1. The Kier molecular flexibility index (Phi) is 6.28. The van der Waals surface area contributed by atoms with Crippen LogP contribution in [0, 0.1) is 11.8 Å². The summed E-state index contributed by atoms with van der Waals surface area (Å²) in [4.78, 5) is 10.4. The van der Waals surface area contributed by atoms with Gasteiger partial charge in [-0.3, -0.25) is 4.21 Å². The first-order valence-electron chi connectivity index (χ1n) is 3.06. The van der Waals surface area contributed by atoms with Gasteiger partial charge in [-0.05, 0) is 0 Å². The molecule has 0 saturated carbocycles. The molecule has 0 aliphatic heterocycles. The van der Waals surface area contributed by atoms with Crippen LogP contribution in [-0.2, 0) is 20.8 Å². The van der Waals surface area contributed by atoms with Crippen molar-refractivity contribution in [2.24, 2.45) is 0 Å². The molecule has 0 aromatic rings. The Bertz CT molecular complexity index is 229. The predicted molar refractivity (Wildman–Crippen MR) is 41.3 cm³/mol. The summed E-state index contributed by atoms with van der Waals surface area (Å²) < 4.78 is 26.1. The first-order chi connectivity index (χ1) is 5.66. The van der Waals surface area contributed by atoms with Crippen LogP contribution in [0.4, 0.5) is 0 Å². The van der Waals surface area contributed by atoms with Gasteiger partial charge in [-0.2, -0.15) is 0 Å². The number of nitrogens with one attached hydrogen (secondary N) is 1. The first-order valence-corrected chi connectivity index (χ1v) is 4.14. The van der Waals surface area contributed by atoms with Crippen molar-refractivity contribution in [3.05, 3.63) is 0 Å². The number of methoxy groups -OCH3 is 1. The molecule has 0 rings (SSSR count). The van der Waals surface area contributed by atoms with Crippen molar-refractivity contribution < 1.29 is 18.3 Å². The number of hydrogen-bond donors (Lipinski definition) is 1. The van der Waals surface area contributed by atoms with Gasteiger partial charge in [0.25, 0.3) is 0 Å². The van der Waals surface area contributed by atoms with Gasteiger partial charge in [0.1, 0.15) is 0 Å². The van der Waals surface area contributed by atoms with Gasteiger partial charge in [-0.1, -0.05) is 5.92 Å². The van der Waals surface area contributed by atoms with Gasteiger partial charge < -0.3 is 9.29 Å². The summed E-state index contributed by atoms with van der Waals surface area (Å²) in [6.45, 7) is 0.195. The molecule has 0 amide bonds. The molecule has 5 nitrogen and oxygen atoms in total. The zero-order chi connectivity index (χ0) is 9.40. The third-order valence-corrected chi connectivity index (χ3v) is 1.29. The molecule has 0 radical (unpaired) electrons. The van der Waals surface area contributed by atoms with E-state index < -0.39 is 17.2 Å². The average molecular weight is 190 g/mol. The van der Waals surface area contributed by atoms with Crippen molar-refractivity contribution in [1.29, 1.82) is 0 Å². The van der Waals surface area contributed by atoms with E-state index in [0.29, 0.717) is 0 Å². The lowest BCUT2D eigenvalue weighted by molar-refractivity contribution is -0.133. The van der Waals surface area contributed by atoms with E-state index in [1.54, 1.807) is 0 Å². The second-order valence-corrected chi connectivity index (χ2v) is 2.43. The second-order valence-electron chi connectivity index (χ2n) is 1.67. The molecule has 68 valence electrons. The number of hydrogen-bond acceptors (Lipinski definition) is 4. The molecular formula is C6H8NO4S-. The Balaban J connectivity index is 3.46. The van der Waals surface area contributed by atoms with E-state index in [4.69, 9.17) is 0 Å². The lowest BCUT2D eigenvalue weighted by Crippen LogP contribution is -2.17. The van der Waals surface area contributed by atoms with Gasteiger partial charge in [-0.15, -0.1) is 0 Å². The molecule has 1 unspecified atom stereocenters. The summed E-state index contributed by atoms with van der Waals surface area (Å²) in [5, 5.41) is 0. The van der Waals surface area contributed by atoms with Crippen LogP contribution in [0.2, 0.25) is 0 Å². The van der Waals surface area contributed by atoms with E-state index in [1.165, 1.54) is 7.11 Å². The zero-order valence-electron chi connectivity index (χ0n) is 6.46. The van der Waals surface area contributed by atoms with Crippen LogP contribution in [0.25, 0.3) is 0 Å². The lowest BCUT2D eigenvalue weighted by Gasteiger charge is -2.02. The van der Waals surface area contributed by atoms with Crippen LogP contribution in [0.3, 0.4) is 0 Å². The maximum atomic E-state index is 10.4. The predicted octanol–water partition coefficient (Wildman–Crippen LogP) is -1.06. The molecule has 0 spiro atoms. The van der Waals surface area contributed by atoms with Crippen LogP contribution < -0.4 is 4.72 Å². The molecule has 0 aromatic heterocycles. The number of rotatable bonds is 3. The van der Waals surface area contributed by atoms with E-state index in [1.807, 2.05) is 0 Å². The molecule has 0 fully saturated rings. The summed E-state index contributed by atoms with van der Waals surface area (Å²) >= 11 is -2.27. The van der Waals surface area contributed by atoms with Crippen LogP contribution in [0.1, 0.15) is 6.42 Å². The molecule has 0 bridgehead atoms. The fourth-order valence-corrected chi connectivity index (χ4v) is 0.651. The third kappa shape index (κ3) is 7.21. The highest BCUT2D eigenvalue weighted by molar-refractivity contribution is 7.77. The van der Waals surface area contributed by atoms with E-state index in [-0.39, 0.29) is 13.0 Å². The summed E-state index contributed by atoms with van der Waals surface area (Å²) in [6, 6.07) is 0. The lowest BCUT2D eigenvalue weighted by atomic mass is 10.4. The standard InChI is InChI=1S/C6H9NO4S/c1-11-6(8)4-2-3-5-7-12(9)10/h7H,3,5H2,1H3,(H,9,10)/p-1. The molecular weight excluding hydrogens is 182 g/mol. The molecule has 6 heteroatoms. The van der Waals surface area contributed by atoms with Gasteiger partial charge in [0.15, 0.2) is 0 Å². The van der Waals surface area contributed by atoms with E-state index in [9.17, 15) is 13.6 Å². The van der Waals surface area contributed by atoms with Gasteiger partial charge in [0.05, 0.1) is 7.11 Å². The highest BCUT2D eigenvalue weighted by Gasteiger charge is 1.87. The molecule has 1 atom stereocenters. The highest BCUT2D eigenvalue weighted by atomic mass is 32.2. The van der Waals surface area contributed by atoms with Crippen molar-refractivity contribution >= 4 is 17.2 Å². The Morgan fingerprint density at radius 3 is 2.92 bits per heavy atom. The van der Waals surface area contributed by atoms with Crippen LogP contribution >= 0.6 is 0 Å². The van der Waals surface area contributed by atoms with Crippen molar-refractivity contribution in [3.8, 4) is 11.8 Å². The Morgan fingerprint density at radius 1 is 1.75 bits per heavy atom. The van der Waals surface area contributed by atoms with Crippen molar-refractivity contribution in [3.63, 3.8) is 0 Å². The van der Waals surface area contributed by atoms with Crippen LogP contribution in [-0.4, -0.2) is 28.4 Å². The Hall–Kier alpha value is -0.900. The van der Waals surface area contributed by atoms with Gasteiger partial charge in [0.2, 0.25) is 0 Å². The minimum atomic E-state index is -2.27. The fraction of sp³-hybridized carbons (Fsp3) is 0.500. The monoisotopic (exact) mass is 190 g/mol. The molecule has 0 aromatic carbocycles. The van der Waals surface area contributed by atoms with E-state index >= 15 is 0 Å². The van der Waals surface area contributed by atoms with Gasteiger partial charge in [0, 0.05) is 30.2 Å². The molecule has 12 heavy (non-hydrogen) atoms. The normalized spacial score (nSPS) is 11.2. The molecule has 0 aliphatic carbocycles. The van der Waals surface area contributed by atoms with Gasteiger partial charge in [-0.25, -0.2) is 9.52 Å². The smallest absolute Gasteiger partial charge is 0.384 e. The summed E-state index contributed by atoms with van der Waals surface area (Å²) in [6.07, 6.45) is 0.281. The SMILES string of the molecule is COC(=O)C#CCCNS(=O)[O-]. The molecule has 0 heterocycles. The largest absolute Gasteiger partial charge is 0.760 e. The zero-order valence-corrected chi connectivity index (χ0v) is 7.27. The van der Waals surface area contributed by atoms with Crippen LogP contribution in [0.5, 0.6) is 0 Å². The van der Waals surface area contributed by atoms with E-state index in [0.717, 1.165) is 0 Å². The maximum Gasteiger partial charge on any atom is 0.384 e. The number of ether oxygens (including phenoxy) is 1. The van der Waals surface area contributed by atoms with Crippen molar-refractivity contribution in [1.82, 2.24) is 4.72 Å². The Morgan fingerprint density at radius 2 is 2.42 bits per heavy atom. The molecule has 0 aliphatic rings. The minimum absolute atomic E-state index is 0.195. The van der Waals surface area contributed by atoms with Crippen molar-refractivity contribution in [2.45, 2.75) is 6.42 Å². The summed E-state index contributed by atoms with van der Waals surface area (Å²) in [7, 11) is 1.22. The van der Waals surface area contributed by atoms with E-state index in [2.05, 4.69) is 21.3 Å².